The summed E-state index contributed by atoms with van der Waals surface area (Å²) in [6.07, 6.45) is 4.93. The van der Waals surface area contributed by atoms with Crippen molar-refractivity contribution in [2.24, 2.45) is 0 Å². The van der Waals surface area contributed by atoms with E-state index >= 15 is 0 Å². The smallest absolute Gasteiger partial charge is 0.194 e. The number of carbonyl (C=O) groups excluding carboxylic acids is 1. The number of benzene rings is 2. The van der Waals surface area contributed by atoms with Crippen molar-refractivity contribution in [1.82, 2.24) is 0 Å². The molecule has 153 valence electrons. The maximum Gasteiger partial charge on any atom is 0.194 e. The molecule has 3 rings (SSSR count). The molecule has 2 nitrogen and oxygen atoms in total. The van der Waals surface area contributed by atoms with Gasteiger partial charge in [-0.3, -0.25) is 4.79 Å². The number of halogens is 1. The van der Waals surface area contributed by atoms with E-state index in [1.165, 1.54) is 35.2 Å². The summed E-state index contributed by atoms with van der Waals surface area (Å²) in [7, 11) is 0. The van der Waals surface area contributed by atoms with Crippen molar-refractivity contribution in [3.8, 4) is 0 Å². The van der Waals surface area contributed by atoms with Crippen LogP contribution in [-0.4, -0.2) is 29.4 Å². The summed E-state index contributed by atoms with van der Waals surface area (Å²) in [5.74, 6) is 0.149. The standard InChI is InChI=1S/C25H33FNO.Y/c1-4-24(25(28)17-23-19(2)9-8-10-20(23)3)27(15-6-5-7-16-27)18-21-11-13-22(26)14-12-21;/h8-14,24H,4-7,15-18H2,1-3H3;/q+1;. The maximum atomic E-state index is 13.5. The number of carbonyl (C=O) groups is 1. The van der Waals surface area contributed by atoms with Gasteiger partial charge in [-0.25, -0.2) is 4.39 Å². The van der Waals surface area contributed by atoms with Crippen LogP contribution in [0.25, 0.3) is 0 Å². The van der Waals surface area contributed by atoms with Gasteiger partial charge >= 0.3 is 0 Å². The summed E-state index contributed by atoms with van der Waals surface area (Å²) in [6, 6.07) is 13.1. The van der Waals surface area contributed by atoms with Gasteiger partial charge in [-0.15, -0.1) is 0 Å². The minimum Gasteiger partial charge on any atom is -0.311 e. The quantitative estimate of drug-likeness (QED) is 0.486. The van der Waals surface area contributed by atoms with Gasteiger partial charge in [0.2, 0.25) is 0 Å². The predicted molar refractivity (Wildman–Crippen MR) is 113 cm³/mol. The second kappa shape index (κ2) is 10.9. The SMILES string of the molecule is CCC(C(=O)Cc1c(C)cccc1C)[N+]1(Cc2ccc(F)cc2)CCCCC1.[Y]. The third kappa shape index (κ3) is 5.84. The molecule has 2 aromatic carbocycles. The molecule has 1 fully saturated rings. The van der Waals surface area contributed by atoms with Gasteiger partial charge in [0.05, 0.1) is 13.1 Å². The normalized spacial score (nSPS) is 16.7. The van der Waals surface area contributed by atoms with Gasteiger partial charge in [-0.1, -0.05) is 37.3 Å². The molecule has 0 saturated carbocycles. The van der Waals surface area contributed by atoms with Crippen LogP contribution in [0, 0.1) is 19.7 Å². The van der Waals surface area contributed by atoms with E-state index in [0.717, 1.165) is 48.9 Å². The van der Waals surface area contributed by atoms with E-state index in [0.29, 0.717) is 12.2 Å². The molecule has 4 heteroatoms. The van der Waals surface area contributed by atoms with Gasteiger partial charge < -0.3 is 4.48 Å². The van der Waals surface area contributed by atoms with E-state index in [4.69, 9.17) is 0 Å². The number of piperidine rings is 1. The number of quaternary nitrogens is 1. The molecule has 1 unspecified atom stereocenters. The Hall–Kier alpha value is -0.896. The zero-order valence-corrected chi connectivity index (χ0v) is 20.9. The number of hydrogen-bond acceptors (Lipinski definition) is 1. The van der Waals surface area contributed by atoms with E-state index in [1.54, 1.807) is 0 Å². The van der Waals surface area contributed by atoms with Gasteiger partial charge in [0, 0.05) is 51.1 Å². The van der Waals surface area contributed by atoms with Crippen molar-refractivity contribution in [3.63, 3.8) is 0 Å². The van der Waals surface area contributed by atoms with Crippen LogP contribution in [0.1, 0.15) is 54.9 Å². The first-order valence-electron chi connectivity index (χ1n) is 10.6. The molecule has 0 bridgehead atoms. The fraction of sp³-hybridized carbons (Fsp3) is 0.480. The molecule has 0 N–H and O–H groups in total. The van der Waals surface area contributed by atoms with Crippen LogP contribution in [0.4, 0.5) is 4.39 Å². The molecule has 0 amide bonds. The zero-order valence-electron chi connectivity index (χ0n) is 18.1. The van der Waals surface area contributed by atoms with Crippen LogP contribution < -0.4 is 0 Å². The molecule has 1 aliphatic heterocycles. The molecule has 0 aromatic heterocycles. The molecule has 1 radical (unpaired) electrons. The Morgan fingerprint density at radius 3 is 2.14 bits per heavy atom. The second-order valence-corrected chi connectivity index (χ2v) is 8.45. The number of nitrogens with zero attached hydrogens (tertiary/aromatic N) is 1. The van der Waals surface area contributed by atoms with Crippen molar-refractivity contribution in [2.45, 2.75) is 65.5 Å². The van der Waals surface area contributed by atoms with Gasteiger partial charge in [0.1, 0.15) is 18.4 Å². The summed E-state index contributed by atoms with van der Waals surface area (Å²) in [6.45, 7) is 9.23. The Balaban J connectivity index is 0.00000300. The van der Waals surface area contributed by atoms with E-state index in [-0.39, 0.29) is 44.6 Å². The molecular weight excluding hydrogens is 438 g/mol. The van der Waals surface area contributed by atoms with Crippen molar-refractivity contribution >= 4 is 5.78 Å². The Morgan fingerprint density at radius 1 is 1.00 bits per heavy atom. The average molecular weight is 471 g/mol. The van der Waals surface area contributed by atoms with Gasteiger partial charge in [0.15, 0.2) is 5.78 Å². The maximum absolute atomic E-state index is 13.5. The monoisotopic (exact) mass is 471 g/mol. The number of aryl methyl sites for hydroxylation is 2. The molecule has 29 heavy (non-hydrogen) atoms. The minimum atomic E-state index is -0.202. The fourth-order valence-electron chi connectivity index (χ4n) is 5.02. The van der Waals surface area contributed by atoms with E-state index in [2.05, 4.69) is 39.0 Å². The molecule has 0 aliphatic carbocycles. The first kappa shape index (κ1) is 24.4. The second-order valence-electron chi connectivity index (χ2n) is 8.45. The van der Waals surface area contributed by atoms with Crippen molar-refractivity contribution in [2.75, 3.05) is 13.1 Å². The van der Waals surface area contributed by atoms with Crippen LogP contribution in [0.3, 0.4) is 0 Å². The molecular formula is C25H33FNOY+. The predicted octanol–water partition coefficient (Wildman–Crippen LogP) is 5.53. The third-order valence-corrected chi connectivity index (χ3v) is 6.53. The number of hydrogen-bond donors (Lipinski definition) is 0. The van der Waals surface area contributed by atoms with Crippen LogP contribution in [-0.2, 0) is 50.5 Å². The molecule has 0 spiro atoms. The Kier molecular flexibility index (Phi) is 9.19. The average Bonchev–Trinajstić information content (AvgIpc) is 2.68. The first-order valence-corrected chi connectivity index (χ1v) is 10.6. The number of ketones is 1. The summed E-state index contributed by atoms with van der Waals surface area (Å²) < 4.78 is 14.2. The number of likely N-dealkylation sites (tertiary alicyclic amines) is 1. The summed E-state index contributed by atoms with van der Waals surface area (Å²) in [4.78, 5) is 13.5. The van der Waals surface area contributed by atoms with Crippen LogP contribution in [0.5, 0.6) is 0 Å². The van der Waals surface area contributed by atoms with E-state index in [1.807, 2.05) is 12.1 Å². The fourth-order valence-corrected chi connectivity index (χ4v) is 5.02. The Bertz CT molecular complexity index is 792. The summed E-state index contributed by atoms with van der Waals surface area (Å²) in [5.41, 5.74) is 4.71. The zero-order chi connectivity index (χ0) is 20.1. The molecule has 1 saturated heterocycles. The number of rotatable bonds is 7. The topological polar surface area (TPSA) is 17.1 Å². The van der Waals surface area contributed by atoms with Crippen molar-refractivity contribution < 1.29 is 46.4 Å². The molecule has 2 aromatic rings. The van der Waals surface area contributed by atoms with Crippen molar-refractivity contribution in [1.29, 1.82) is 0 Å². The Morgan fingerprint density at radius 2 is 1.59 bits per heavy atom. The van der Waals surface area contributed by atoms with E-state index in [9.17, 15) is 9.18 Å². The minimum absolute atomic E-state index is 0. The first-order chi connectivity index (χ1) is 13.4. The van der Waals surface area contributed by atoms with Gasteiger partial charge in [0.25, 0.3) is 0 Å². The van der Waals surface area contributed by atoms with Crippen molar-refractivity contribution in [3.05, 3.63) is 70.5 Å². The van der Waals surface area contributed by atoms with Crippen LogP contribution in [0.2, 0.25) is 0 Å². The largest absolute Gasteiger partial charge is 0.311 e. The summed E-state index contributed by atoms with van der Waals surface area (Å²) in [5, 5.41) is 0. The van der Waals surface area contributed by atoms with Crippen LogP contribution in [0.15, 0.2) is 42.5 Å². The van der Waals surface area contributed by atoms with Gasteiger partial charge in [-0.05, 0) is 61.9 Å². The third-order valence-electron chi connectivity index (χ3n) is 6.53. The number of Topliss-reactive ketones (excluding diaryl/α,β-unsaturated/α-hetero) is 1. The molecule has 1 aliphatic rings. The van der Waals surface area contributed by atoms with Crippen LogP contribution >= 0.6 is 0 Å². The molecule has 1 heterocycles. The summed E-state index contributed by atoms with van der Waals surface area (Å²) >= 11 is 0. The Labute approximate surface area is 200 Å². The molecule has 1 atom stereocenters. The van der Waals surface area contributed by atoms with E-state index < -0.39 is 0 Å². The van der Waals surface area contributed by atoms with Gasteiger partial charge in [-0.2, -0.15) is 0 Å².